The average molecular weight is 287 g/mol. The molecule has 2 rings (SSSR count). The molecule has 1 amide bonds. The summed E-state index contributed by atoms with van der Waals surface area (Å²) in [5.41, 5.74) is 1.60. The van der Waals surface area contributed by atoms with E-state index < -0.39 is 5.97 Å². The minimum atomic E-state index is -1.000. The maximum Gasteiger partial charge on any atom is 0.328 e. The van der Waals surface area contributed by atoms with Gasteiger partial charge in [-0.1, -0.05) is 25.5 Å². The molecule has 0 atom stereocenters. The zero-order valence-corrected chi connectivity index (χ0v) is 12.3. The second-order valence-electron chi connectivity index (χ2n) is 5.73. The van der Waals surface area contributed by atoms with Crippen molar-refractivity contribution in [3.05, 3.63) is 41.5 Å². The first kappa shape index (κ1) is 15.3. The van der Waals surface area contributed by atoms with E-state index in [2.05, 4.69) is 12.2 Å². The number of aliphatic carboxylic acids is 1. The highest BCUT2D eigenvalue weighted by Gasteiger charge is 2.41. The second kappa shape index (κ2) is 6.57. The van der Waals surface area contributed by atoms with Crippen LogP contribution in [0.15, 0.2) is 30.3 Å². The van der Waals surface area contributed by atoms with Crippen LogP contribution in [0, 0.1) is 5.41 Å². The molecule has 1 aromatic rings. The van der Waals surface area contributed by atoms with Crippen LogP contribution in [0.1, 0.15) is 48.5 Å². The number of hydrogen-bond acceptors (Lipinski definition) is 2. The van der Waals surface area contributed by atoms with Gasteiger partial charge in [0.25, 0.3) is 5.91 Å². The van der Waals surface area contributed by atoms with Gasteiger partial charge in [0.05, 0.1) is 0 Å². The van der Waals surface area contributed by atoms with E-state index in [-0.39, 0.29) is 5.91 Å². The zero-order valence-electron chi connectivity index (χ0n) is 12.3. The molecule has 1 saturated carbocycles. The number of benzene rings is 1. The Hall–Kier alpha value is -2.10. The minimum Gasteiger partial charge on any atom is -0.478 e. The standard InChI is InChI=1S/C17H21NO3/c1-2-8-17(9-10-17)12-18-16(21)14-5-3-4-13(11-14)6-7-15(19)20/h3-7,11H,2,8-10,12H2,1H3,(H,18,21)(H,19,20)/b7-6+. The van der Waals surface area contributed by atoms with Crippen molar-refractivity contribution in [2.75, 3.05) is 6.54 Å². The summed E-state index contributed by atoms with van der Waals surface area (Å²) in [5.74, 6) is -1.09. The summed E-state index contributed by atoms with van der Waals surface area (Å²) in [7, 11) is 0. The quantitative estimate of drug-likeness (QED) is 0.757. The Labute approximate surface area is 124 Å². The van der Waals surface area contributed by atoms with E-state index in [0.29, 0.717) is 16.5 Å². The molecule has 112 valence electrons. The molecule has 4 heteroatoms. The summed E-state index contributed by atoms with van der Waals surface area (Å²) in [6, 6.07) is 6.98. The Morgan fingerprint density at radius 3 is 2.76 bits per heavy atom. The maximum atomic E-state index is 12.2. The van der Waals surface area contributed by atoms with Gasteiger partial charge < -0.3 is 10.4 Å². The molecule has 0 spiro atoms. The van der Waals surface area contributed by atoms with E-state index in [0.717, 1.165) is 25.5 Å². The number of carboxylic acids is 1. The lowest BCUT2D eigenvalue weighted by Crippen LogP contribution is -2.30. The van der Waals surface area contributed by atoms with Crippen molar-refractivity contribution in [3.63, 3.8) is 0 Å². The molecule has 0 unspecified atom stereocenters. The largest absolute Gasteiger partial charge is 0.478 e. The van der Waals surface area contributed by atoms with Crippen LogP contribution in [-0.4, -0.2) is 23.5 Å². The predicted molar refractivity (Wildman–Crippen MR) is 82.0 cm³/mol. The van der Waals surface area contributed by atoms with E-state index in [9.17, 15) is 9.59 Å². The summed E-state index contributed by atoms with van der Waals surface area (Å²) < 4.78 is 0. The summed E-state index contributed by atoms with van der Waals surface area (Å²) in [6.07, 6.45) is 7.25. The van der Waals surface area contributed by atoms with Gasteiger partial charge in [0, 0.05) is 18.2 Å². The zero-order chi connectivity index (χ0) is 15.3. The molecule has 2 N–H and O–H groups in total. The fourth-order valence-corrected chi connectivity index (χ4v) is 2.54. The Morgan fingerprint density at radius 2 is 2.14 bits per heavy atom. The second-order valence-corrected chi connectivity index (χ2v) is 5.73. The number of amides is 1. The van der Waals surface area contributed by atoms with Crippen LogP contribution < -0.4 is 5.32 Å². The molecule has 0 heterocycles. The van der Waals surface area contributed by atoms with Crippen molar-refractivity contribution in [3.8, 4) is 0 Å². The summed E-state index contributed by atoms with van der Waals surface area (Å²) >= 11 is 0. The average Bonchev–Trinajstić information content (AvgIpc) is 3.23. The van der Waals surface area contributed by atoms with Gasteiger partial charge in [-0.15, -0.1) is 0 Å². The number of carbonyl (C=O) groups excluding carboxylic acids is 1. The molecule has 1 aliphatic carbocycles. The lowest BCUT2D eigenvalue weighted by molar-refractivity contribution is -0.131. The monoisotopic (exact) mass is 287 g/mol. The minimum absolute atomic E-state index is 0.0945. The highest BCUT2D eigenvalue weighted by molar-refractivity contribution is 5.95. The first-order valence-corrected chi connectivity index (χ1v) is 7.34. The lowest BCUT2D eigenvalue weighted by Gasteiger charge is -2.15. The first-order valence-electron chi connectivity index (χ1n) is 7.34. The highest BCUT2D eigenvalue weighted by atomic mass is 16.4. The van der Waals surface area contributed by atoms with Gasteiger partial charge in [0.2, 0.25) is 0 Å². The lowest BCUT2D eigenvalue weighted by atomic mass is 10.0. The van der Waals surface area contributed by atoms with Gasteiger partial charge in [-0.05, 0) is 48.4 Å². The molecule has 1 aliphatic rings. The van der Waals surface area contributed by atoms with Crippen molar-refractivity contribution >= 4 is 18.0 Å². The van der Waals surface area contributed by atoms with E-state index in [1.54, 1.807) is 24.3 Å². The van der Waals surface area contributed by atoms with Crippen molar-refractivity contribution in [1.29, 1.82) is 0 Å². The number of nitrogens with one attached hydrogen (secondary N) is 1. The van der Waals surface area contributed by atoms with Gasteiger partial charge in [-0.25, -0.2) is 4.79 Å². The van der Waals surface area contributed by atoms with Crippen molar-refractivity contribution in [2.45, 2.75) is 32.6 Å². The molecule has 1 aromatic carbocycles. The molecule has 0 aliphatic heterocycles. The van der Waals surface area contributed by atoms with Gasteiger partial charge >= 0.3 is 5.97 Å². The van der Waals surface area contributed by atoms with Crippen LogP contribution in [0.25, 0.3) is 6.08 Å². The fourth-order valence-electron chi connectivity index (χ4n) is 2.54. The van der Waals surface area contributed by atoms with Crippen LogP contribution in [0.2, 0.25) is 0 Å². The molecule has 0 aromatic heterocycles. The van der Waals surface area contributed by atoms with Crippen molar-refractivity contribution in [2.24, 2.45) is 5.41 Å². The topological polar surface area (TPSA) is 66.4 Å². The van der Waals surface area contributed by atoms with Gasteiger partial charge in [-0.3, -0.25) is 4.79 Å². The maximum absolute atomic E-state index is 12.2. The van der Waals surface area contributed by atoms with Crippen LogP contribution in [0.3, 0.4) is 0 Å². The first-order chi connectivity index (χ1) is 10.0. The van der Waals surface area contributed by atoms with Crippen LogP contribution >= 0.6 is 0 Å². The molecule has 0 bridgehead atoms. The number of hydrogen-bond donors (Lipinski definition) is 2. The molecule has 0 saturated heterocycles. The SMILES string of the molecule is CCCC1(CNC(=O)c2cccc(/C=C/C(=O)O)c2)CC1. The van der Waals surface area contributed by atoms with E-state index in [1.807, 2.05) is 0 Å². The van der Waals surface area contributed by atoms with Gasteiger partial charge in [0.1, 0.15) is 0 Å². The number of carboxylic acid groups (broad SMARTS) is 1. The third-order valence-corrected chi connectivity index (χ3v) is 3.93. The third kappa shape index (κ3) is 4.45. The van der Waals surface area contributed by atoms with Crippen molar-refractivity contribution in [1.82, 2.24) is 5.32 Å². The molecular formula is C17H21NO3. The number of carbonyl (C=O) groups is 2. The molecule has 4 nitrogen and oxygen atoms in total. The van der Waals surface area contributed by atoms with Crippen LogP contribution in [0.4, 0.5) is 0 Å². The van der Waals surface area contributed by atoms with Crippen molar-refractivity contribution < 1.29 is 14.7 Å². The Kier molecular flexibility index (Phi) is 4.78. The van der Waals surface area contributed by atoms with E-state index in [1.165, 1.54) is 18.9 Å². The summed E-state index contributed by atoms with van der Waals surface area (Å²) in [6.45, 7) is 2.90. The molecule has 1 fully saturated rings. The van der Waals surface area contributed by atoms with E-state index in [4.69, 9.17) is 5.11 Å². The molecule has 21 heavy (non-hydrogen) atoms. The number of rotatable bonds is 7. The fraction of sp³-hybridized carbons (Fsp3) is 0.412. The Morgan fingerprint density at radius 1 is 1.38 bits per heavy atom. The normalized spacial score (nSPS) is 15.9. The van der Waals surface area contributed by atoms with Crippen LogP contribution in [-0.2, 0) is 4.79 Å². The molecule has 0 radical (unpaired) electrons. The predicted octanol–water partition coefficient (Wildman–Crippen LogP) is 3.09. The highest BCUT2D eigenvalue weighted by Crippen LogP contribution is 2.48. The summed E-state index contributed by atoms with van der Waals surface area (Å²) in [4.78, 5) is 22.7. The Balaban J connectivity index is 1.96. The smallest absolute Gasteiger partial charge is 0.328 e. The molecular weight excluding hydrogens is 266 g/mol. The van der Waals surface area contributed by atoms with Crippen LogP contribution in [0.5, 0.6) is 0 Å². The van der Waals surface area contributed by atoms with Gasteiger partial charge in [0.15, 0.2) is 0 Å². The van der Waals surface area contributed by atoms with Gasteiger partial charge in [-0.2, -0.15) is 0 Å². The Bertz CT molecular complexity index is 559. The third-order valence-electron chi connectivity index (χ3n) is 3.93. The van der Waals surface area contributed by atoms with E-state index >= 15 is 0 Å². The summed E-state index contributed by atoms with van der Waals surface area (Å²) in [5, 5.41) is 11.6.